The van der Waals surface area contributed by atoms with Crippen LogP contribution in [0.15, 0.2) is 18.2 Å². The predicted octanol–water partition coefficient (Wildman–Crippen LogP) is 4.48. The van der Waals surface area contributed by atoms with Gasteiger partial charge in [0.1, 0.15) is 11.4 Å². The van der Waals surface area contributed by atoms with E-state index in [0.717, 1.165) is 54.9 Å². The molecule has 1 saturated carbocycles. The zero-order valence-corrected chi connectivity index (χ0v) is 17.3. The van der Waals surface area contributed by atoms with Gasteiger partial charge in [0, 0.05) is 30.2 Å². The molecule has 0 spiro atoms. The van der Waals surface area contributed by atoms with Gasteiger partial charge in [-0.25, -0.2) is 4.79 Å². The molecular weight excluding hydrogens is 364 g/mol. The third-order valence-corrected chi connectivity index (χ3v) is 5.13. The number of benzene rings is 1. The molecule has 1 heterocycles. The summed E-state index contributed by atoms with van der Waals surface area (Å²) < 4.78 is 11.3. The zero-order chi connectivity index (χ0) is 19.4. The molecule has 5 nitrogen and oxygen atoms in total. The van der Waals surface area contributed by atoms with Crippen molar-refractivity contribution in [2.24, 2.45) is 11.8 Å². The van der Waals surface area contributed by atoms with Crippen molar-refractivity contribution in [2.45, 2.75) is 52.2 Å². The van der Waals surface area contributed by atoms with Crippen molar-refractivity contribution in [3.05, 3.63) is 28.8 Å². The summed E-state index contributed by atoms with van der Waals surface area (Å²) in [5.41, 5.74) is 0.679. The Balaban J connectivity index is 1.47. The summed E-state index contributed by atoms with van der Waals surface area (Å²) in [6.45, 7) is 9.85. The molecule has 0 radical (unpaired) electrons. The van der Waals surface area contributed by atoms with Gasteiger partial charge in [-0.1, -0.05) is 11.6 Å². The Labute approximate surface area is 167 Å². The van der Waals surface area contributed by atoms with Crippen LogP contribution in [-0.4, -0.2) is 42.8 Å². The fourth-order valence-corrected chi connectivity index (χ4v) is 3.51. The molecule has 3 rings (SSSR count). The minimum Gasteiger partial charge on any atom is -0.493 e. The van der Waals surface area contributed by atoms with E-state index in [-0.39, 0.29) is 6.09 Å². The highest BCUT2D eigenvalue weighted by Crippen LogP contribution is 2.32. The fourth-order valence-electron chi connectivity index (χ4n) is 3.31. The summed E-state index contributed by atoms with van der Waals surface area (Å²) in [7, 11) is 0. The summed E-state index contributed by atoms with van der Waals surface area (Å²) in [6, 6.07) is 5.89. The Morgan fingerprint density at radius 2 is 2.04 bits per heavy atom. The van der Waals surface area contributed by atoms with Crippen LogP contribution >= 0.6 is 11.6 Å². The van der Waals surface area contributed by atoms with Crippen LogP contribution in [0.5, 0.6) is 5.75 Å². The number of nitrogens with zero attached hydrogens (tertiary/aromatic N) is 1. The number of halogens is 1. The summed E-state index contributed by atoms with van der Waals surface area (Å²) in [6.07, 6.45) is 3.28. The number of hydrogen-bond acceptors (Lipinski definition) is 4. The van der Waals surface area contributed by atoms with Crippen LogP contribution in [0.25, 0.3) is 0 Å². The average Bonchev–Trinajstić information content (AvgIpc) is 3.29. The maximum absolute atomic E-state index is 11.8. The highest BCUT2D eigenvalue weighted by Gasteiger charge is 2.26. The molecule has 0 aromatic heterocycles. The molecule has 1 aromatic carbocycles. The van der Waals surface area contributed by atoms with Crippen molar-refractivity contribution in [3.63, 3.8) is 0 Å². The van der Waals surface area contributed by atoms with E-state index in [2.05, 4.69) is 10.2 Å². The number of amides is 1. The van der Waals surface area contributed by atoms with Crippen LogP contribution in [0.2, 0.25) is 5.02 Å². The van der Waals surface area contributed by atoms with Crippen LogP contribution in [0, 0.1) is 11.8 Å². The van der Waals surface area contributed by atoms with Gasteiger partial charge in [0.25, 0.3) is 0 Å². The Morgan fingerprint density at radius 3 is 2.74 bits per heavy atom. The monoisotopic (exact) mass is 394 g/mol. The van der Waals surface area contributed by atoms with Crippen molar-refractivity contribution in [1.29, 1.82) is 0 Å². The number of rotatable bonds is 7. The topological polar surface area (TPSA) is 50.8 Å². The molecule has 0 unspecified atom stereocenters. The summed E-state index contributed by atoms with van der Waals surface area (Å²) in [5, 5.41) is 3.63. The molecule has 1 aliphatic carbocycles. The summed E-state index contributed by atoms with van der Waals surface area (Å²) >= 11 is 6.21. The third kappa shape index (κ3) is 6.89. The van der Waals surface area contributed by atoms with E-state index in [1.807, 2.05) is 39.0 Å². The maximum atomic E-state index is 11.8. The minimum atomic E-state index is -0.463. The average molecular weight is 395 g/mol. The number of likely N-dealkylation sites (tertiary alicyclic amines) is 1. The molecule has 1 saturated heterocycles. The molecule has 1 N–H and O–H groups in total. The zero-order valence-electron chi connectivity index (χ0n) is 16.6. The molecule has 2 fully saturated rings. The van der Waals surface area contributed by atoms with Crippen molar-refractivity contribution >= 4 is 17.7 Å². The highest BCUT2D eigenvalue weighted by atomic mass is 35.5. The second kappa shape index (κ2) is 8.70. The lowest BCUT2D eigenvalue weighted by Gasteiger charge is -2.21. The number of nitrogens with one attached hydrogen (secondary N) is 1. The Hall–Kier alpha value is -1.46. The van der Waals surface area contributed by atoms with E-state index in [4.69, 9.17) is 21.1 Å². The van der Waals surface area contributed by atoms with Crippen molar-refractivity contribution in [3.8, 4) is 5.75 Å². The van der Waals surface area contributed by atoms with Gasteiger partial charge < -0.3 is 14.8 Å². The number of carbonyl (C=O) groups excluding carboxylic acids is 1. The van der Waals surface area contributed by atoms with Crippen LogP contribution in [0.1, 0.15) is 45.6 Å². The number of ether oxygens (including phenoxy) is 2. The van der Waals surface area contributed by atoms with Crippen LogP contribution in [0.3, 0.4) is 0 Å². The molecule has 2 aliphatic rings. The lowest BCUT2D eigenvalue weighted by molar-refractivity contribution is 0.0519. The Kier molecular flexibility index (Phi) is 6.53. The minimum absolute atomic E-state index is 0.341. The fraction of sp³-hybridized carbons (Fsp3) is 0.667. The van der Waals surface area contributed by atoms with Gasteiger partial charge in [-0.2, -0.15) is 0 Å². The smallest absolute Gasteiger partial charge is 0.407 e. The van der Waals surface area contributed by atoms with E-state index < -0.39 is 5.60 Å². The predicted molar refractivity (Wildman–Crippen MR) is 107 cm³/mol. The van der Waals surface area contributed by atoms with Gasteiger partial charge >= 0.3 is 6.09 Å². The second-order valence-corrected chi connectivity index (χ2v) is 9.22. The van der Waals surface area contributed by atoms with Crippen LogP contribution < -0.4 is 10.1 Å². The highest BCUT2D eigenvalue weighted by molar-refractivity contribution is 6.30. The Bertz CT molecular complexity index is 655. The Morgan fingerprint density at radius 1 is 1.26 bits per heavy atom. The molecule has 1 amide bonds. The second-order valence-electron chi connectivity index (χ2n) is 8.78. The molecule has 27 heavy (non-hydrogen) atoms. The largest absolute Gasteiger partial charge is 0.493 e. The summed E-state index contributed by atoms with van der Waals surface area (Å²) in [4.78, 5) is 14.2. The lowest BCUT2D eigenvalue weighted by Crippen LogP contribution is -2.36. The molecule has 150 valence electrons. The number of carbonyl (C=O) groups is 1. The van der Waals surface area contributed by atoms with E-state index in [9.17, 15) is 4.79 Å². The van der Waals surface area contributed by atoms with E-state index >= 15 is 0 Å². The van der Waals surface area contributed by atoms with E-state index in [1.54, 1.807) is 0 Å². The molecule has 0 bridgehead atoms. The van der Waals surface area contributed by atoms with Crippen LogP contribution in [0.4, 0.5) is 4.79 Å². The summed E-state index contributed by atoms with van der Waals surface area (Å²) in [5.74, 6) is 2.11. The van der Waals surface area contributed by atoms with Gasteiger partial charge in [-0.15, -0.1) is 0 Å². The van der Waals surface area contributed by atoms with Gasteiger partial charge in [-0.05, 0) is 76.6 Å². The van der Waals surface area contributed by atoms with Gasteiger partial charge in [0.15, 0.2) is 0 Å². The molecule has 1 aromatic rings. The maximum Gasteiger partial charge on any atom is 0.407 e. The van der Waals surface area contributed by atoms with Gasteiger partial charge in [0.05, 0.1) is 6.61 Å². The lowest BCUT2D eigenvalue weighted by atomic mass is 10.1. The first kappa shape index (κ1) is 20.3. The first-order valence-corrected chi connectivity index (χ1v) is 10.3. The molecule has 6 heteroatoms. The molecule has 1 atom stereocenters. The first-order chi connectivity index (χ1) is 12.8. The van der Waals surface area contributed by atoms with E-state index in [1.165, 1.54) is 12.8 Å². The quantitative estimate of drug-likeness (QED) is 0.741. The van der Waals surface area contributed by atoms with Gasteiger partial charge in [-0.3, -0.25) is 4.90 Å². The molecular formula is C21H31ClN2O3. The van der Waals surface area contributed by atoms with Gasteiger partial charge in [0.2, 0.25) is 0 Å². The SMILES string of the molecule is CC(C)(C)OC(=O)NC[C@@H]1CCN(Cc2cc(Cl)ccc2OCC2CC2)C1. The van der Waals surface area contributed by atoms with Crippen LogP contribution in [-0.2, 0) is 11.3 Å². The number of hydrogen-bond donors (Lipinski definition) is 1. The third-order valence-electron chi connectivity index (χ3n) is 4.89. The van der Waals surface area contributed by atoms with E-state index in [0.29, 0.717) is 12.5 Å². The van der Waals surface area contributed by atoms with Crippen molar-refractivity contribution in [2.75, 3.05) is 26.2 Å². The van der Waals surface area contributed by atoms with Crippen molar-refractivity contribution < 1.29 is 14.3 Å². The molecule has 1 aliphatic heterocycles. The first-order valence-electron chi connectivity index (χ1n) is 9.89. The number of alkyl carbamates (subject to hydrolysis) is 1. The standard InChI is InChI=1S/C21H31ClN2O3/c1-21(2,3)27-20(25)23-11-16-8-9-24(12-16)13-17-10-18(22)6-7-19(17)26-14-15-4-5-15/h6-7,10,15-16H,4-5,8-9,11-14H2,1-3H3,(H,23,25)/t16-/m0/s1. The normalized spacial score (nSPS) is 20.5. The van der Waals surface area contributed by atoms with Crippen molar-refractivity contribution in [1.82, 2.24) is 10.2 Å².